The minimum atomic E-state index is -0.150. The Morgan fingerprint density at radius 1 is 1.08 bits per heavy atom. The molecule has 2 aliphatic rings. The smallest absolute Gasteiger partial charge is 0.266 e. The van der Waals surface area contributed by atoms with Gasteiger partial charge in [0, 0.05) is 51.9 Å². The highest BCUT2D eigenvalue weighted by Gasteiger charge is 2.19. The molecule has 4 rings (SSSR count). The Labute approximate surface area is 164 Å². The fraction of sp³-hybridized carbons (Fsp3) is 0.562. The molecule has 2 aliphatic heterocycles. The molecule has 0 aromatic carbocycles. The van der Waals surface area contributed by atoms with E-state index in [0.29, 0.717) is 0 Å². The van der Waals surface area contributed by atoms with Crippen molar-refractivity contribution in [1.82, 2.24) is 30.2 Å². The van der Waals surface area contributed by atoms with Crippen LogP contribution in [0.1, 0.15) is 17.8 Å². The van der Waals surface area contributed by atoms with Gasteiger partial charge in [0.25, 0.3) is 5.56 Å². The van der Waals surface area contributed by atoms with Crippen LogP contribution in [0.5, 0.6) is 0 Å². The molecule has 0 amide bonds. The second kappa shape index (κ2) is 9.36. The largest absolute Gasteiger partial charge is 0.368 e. The van der Waals surface area contributed by atoms with Gasteiger partial charge in [-0.15, -0.1) is 24.8 Å². The molecule has 0 atom stereocenters. The van der Waals surface area contributed by atoms with E-state index in [0.717, 1.165) is 70.2 Å². The van der Waals surface area contributed by atoms with E-state index in [1.165, 1.54) is 5.69 Å². The lowest BCUT2D eigenvalue weighted by Crippen LogP contribution is -2.46. The lowest BCUT2D eigenvalue weighted by Gasteiger charge is -2.35. The Kier molecular flexibility index (Phi) is 7.45. The molecule has 2 N–H and O–H groups in total. The number of piperazine rings is 1. The van der Waals surface area contributed by atoms with Crippen LogP contribution >= 0.6 is 24.8 Å². The van der Waals surface area contributed by atoms with Gasteiger partial charge in [0.1, 0.15) is 0 Å². The zero-order valence-corrected chi connectivity index (χ0v) is 16.2. The first kappa shape index (κ1) is 20.7. The molecule has 0 radical (unpaired) electrons. The minimum Gasteiger partial charge on any atom is -0.368 e. The second-order valence-corrected chi connectivity index (χ2v) is 6.45. The maximum Gasteiger partial charge on any atom is 0.266 e. The summed E-state index contributed by atoms with van der Waals surface area (Å²) < 4.78 is 2.15. The highest BCUT2D eigenvalue weighted by atomic mass is 35.5. The molecule has 0 spiro atoms. The summed E-state index contributed by atoms with van der Waals surface area (Å²) >= 11 is 0. The summed E-state index contributed by atoms with van der Waals surface area (Å²) in [6, 6.07) is 3.84. The summed E-state index contributed by atoms with van der Waals surface area (Å²) in [6.45, 7) is 7.61. The number of aromatic nitrogens is 4. The molecule has 2 aromatic rings. The number of H-pyrrole nitrogens is 1. The van der Waals surface area contributed by atoms with Gasteiger partial charge in [0.05, 0.1) is 23.3 Å². The Bertz CT molecular complexity index is 732. The molecule has 8 nitrogen and oxygen atoms in total. The molecule has 0 aliphatic carbocycles. The maximum absolute atomic E-state index is 11.4. The van der Waals surface area contributed by atoms with E-state index < -0.39 is 0 Å². The third kappa shape index (κ3) is 4.76. The van der Waals surface area contributed by atoms with Gasteiger partial charge in [-0.3, -0.25) is 14.4 Å². The predicted octanol–water partition coefficient (Wildman–Crippen LogP) is 0.626. The Hall–Kier alpha value is -1.61. The van der Waals surface area contributed by atoms with Crippen molar-refractivity contribution in [3.05, 3.63) is 40.1 Å². The highest BCUT2D eigenvalue weighted by molar-refractivity contribution is 5.85. The van der Waals surface area contributed by atoms with Crippen molar-refractivity contribution in [3.63, 3.8) is 0 Å². The Balaban J connectivity index is 0.00000121. The fourth-order valence-electron chi connectivity index (χ4n) is 3.43. The highest BCUT2D eigenvalue weighted by Crippen LogP contribution is 2.15. The molecule has 10 heteroatoms. The molecule has 0 unspecified atom stereocenters. The van der Waals surface area contributed by atoms with Crippen LogP contribution in [0.2, 0.25) is 0 Å². The normalized spacial score (nSPS) is 17.6. The van der Waals surface area contributed by atoms with E-state index in [2.05, 4.69) is 36.1 Å². The molecule has 144 valence electrons. The van der Waals surface area contributed by atoms with Crippen LogP contribution in [0, 0.1) is 0 Å². The van der Waals surface area contributed by atoms with Crippen molar-refractivity contribution >= 4 is 30.5 Å². The third-order valence-electron chi connectivity index (χ3n) is 4.72. The summed E-state index contributed by atoms with van der Waals surface area (Å²) in [5.41, 5.74) is 3.19. The van der Waals surface area contributed by atoms with Crippen molar-refractivity contribution < 1.29 is 0 Å². The average molecular weight is 402 g/mol. The number of nitrogens with one attached hydrogen (secondary N) is 2. The number of rotatable bonds is 3. The second-order valence-electron chi connectivity index (χ2n) is 6.45. The van der Waals surface area contributed by atoms with Gasteiger partial charge >= 0.3 is 0 Å². The molecule has 2 aromatic heterocycles. The Morgan fingerprint density at radius 3 is 2.65 bits per heavy atom. The van der Waals surface area contributed by atoms with Gasteiger partial charge < -0.3 is 10.2 Å². The van der Waals surface area contributed by atoms with Crippen LogP contribution in [-0.2, 0) is 19.6 Å². The van der Waals surface area contributed by atoms with Gasteiger partial charge in [-0.1, -0.05) is 0 Å². The van der Waals surface area contributed by atoms with Crippen molar-refractivity contribution in [1.29, 1.82) is 0 Å². The van der Waals surface area contributed by atoms with Gasteiger partial charge in [0.2, 0.25) is 0 Å². The molecule has 1 fully saturated rings. The monoisotopic (exact) mass is 401 g/mol. The number of halogens is 2. The van der Waals surface area contributed by atoms with Crippen molar-refractivity contribution in [2.24, 2.45) is 0 Å². The zero-order valence-electron chi connectivity index (χ0n) is 14.6. The molecule has 26 heavy (non-hydrogen) atoms. The standard InChI is InChI=1S/C16H23N7O.2ClH/c24-16-9-14(11-18-19-16)22-6-4-21(5-7-22)12-13-8-15-10-17-2-1-3-23(15)20-13;;/h8-9,11,17H,1-7,10,12H2,(H,19,24);2*1H. The van der Waals surface area contributed by atoms with Crippen LogP contribution in [0.15, 0.2) is 23.1 Å². The number of anilines is 1. The van der Waals surface area contributed by atoms with E-state index in [1.807, 2.05) is 0 Å². The lowest BCUT2D eigenvalue weighted by atomic mass is 10.2. The third-order valence-corrected chi connectivity index (χ3v) is 4.72. The number of fused-ring (bicyclic) bond motifs is 1. The summed E-state index contributed by atoms with van der Waals surface area (Å²) in [7, 11) is 0. The number of hydrogen-bond acceptors (Lipinski definition) is 6. The summed E-state index contributed by atoms with van der Waals surface area (Å²) in [6.07, 6.45) is 2.85. The first-order chi connectivity index (χ1) is 11.8. The number of hydrogen-bond donors (Lipinski definition) is 2. The summed E-state index contributed by atoms with van der Waals surface area (Å²) in [5.74, 6) is 0. The number of nitrogens with zero attached hydrogens (tertiary/aromatic N) is 5. The summed E-state index contributed by atoms with van der Waals surface area (Å²) in [5, 5.41) is 14.5. The van der Waals surface area contributed by atoms with Crippen LogP contribution < -0.4 is 15.8 Å². The van der Waals surface area contributed by atoms with Crippen molar-refractivity contribution in [2.45, 2.75) is 26.1 Å². The first-order valence-corrected chi connectivity index (χ1v) is 8.56. The van der Waals surface area contributed by atoms with Crippen molar-refractivity contribution in [3.8, 4) is 0 Å². The predicted molar refractivity (Wildman–Crippen MR) is 105 cm³/mol. The first-order valence-electron chi connectivity index (χ1n) is 8.56. The minimum absolute atomic E-state index is 0. The molecule has 0 bridgehead atoms. The van der Waals surface area contributed by atoms with E-state index >= 15 is 0 Å². The maximum atomic E-state index is 11.4. The zero-order chi connectivity index (χ0) is 16.4. The van der Waals surface area contributed by atoms with Crippen molar-refractivity contribution in [2.75, 3.05) is 37.6 Å². The lowest BCUT2D eigenvalue weighted by molar-refractivity contribution is 0.246. The van der Waals surface area contributed by atoms with Crippen LogP contribution in [0.3, 0.4) is 0 Å². The SMILES string of the molecule is Cl.Cl.O=c1cc(N2CCN(Cc3cc4n(n3)CCCNC4)CC2)cn[nH]1. The number of aromatic amines is 1. The van der Waals surface area contributed by atoms with Crippen LogP contribution in [0.4, 0.5) is 5.69 Å². The molecule has 1 saturated heterocycles. The average Bonchev–Trinajstić information content (AvgIpc) is 2.84. The number of aryl methyl sites for hydroxylation is 1. The van der Waals surface area contributed by atoms with Gasteiger partial charge in [-0.05, 0) is 19.0 Å². The topological polar surface area (TPSA) is 82.1 Å². The van der Waals surface area contributed by atoms with E-state index in [4.69, 9.17) is 5.10 Å². The van der Waals surface area contributed by atoms with E-state index in [1.54, 1.807) is 12.3 Å². The van der Waals surface area contributed by atoms with Gasteiger partial charge in [-0.25, -0.2) is 5.10 Å². The summed E-state index contributed by atoms with van der Waals surface area (Å²) in [4.78, 5) is 16.0. The van der Waals surface area contributed by atoms with Crippen LogP contribution in [-0.4, -0.2) is 57.6 Å². The van der Waals surface area contributed by atoms with E-state index in [9.17, 15) is 4.79 Å². The van der Waals surface area contributed by atoms with Crippen LogP contribution in [0.25, 0.3) is 0 Å². The molecule has 0 saturated carbocycles. The molecule has 4 heterocycles. The Morgan fingerprint density at radius 2 is 1.88 bits per heavy atom. The quantitative estimate of drug-likeness (QED) is 0.784. The fourth-order valence-corrected chi connectivity index (χ4v) is 3.43. The molecular weight excluding hydrogens is 377 g/mol. The van der Waals surface area contributed by atoms with Gasteiger partial charge in [-0.2, -0.15) is 10.2 Å². The van der Waals surface area contributed by atoms with Gasteiger partial charge in [0.15, 0.2) is 0 Å². The van der Waals surface area contributed by atoms with E-state index in [-0.39, 0.29) is 30.4 Å². The molecular formula is C16H25Cl2N7O.